The fraction of sp³-hybridized carbons (Fsp3) is 0.444. The van der Waals surface area contributed by atoms with E-state index in [0.717, 1.165) is 38.2 Å². The van der Waals surface area contributed by atoms with E-state index in [2.05, 4.69) is 48.8 Å². The molecule has 2 nitrogen and oxygen atoms in total. The maximum Gasteiger partial charge on any atom is 0.127 e. The quantitative estimate of drug-likeness (QED) is 0.857. The van der Waals surface area contributed by atoms with Gasteiger partial charge in [-0.25, -0.2) is 0 Å². The van der Waals surface area contributed by atoms with Crippen LogP contribution in [0.4, 0.5) is 0 Å². The minimum atomic E-state index is 0.257. The fourth-order valence-corrected chi connectivity index (χ4v) is 4.08. The van der Waals surface area contributed by atoms with Gasteiger partial charge >= 0.3 is 0 Å². The topological polar surface area (TPSA) is 21.3 Å². The molecule has 0 fully saturated rings. The molecule has 21 heavy (non-hydrogen) atoms. The summed E-state index contributed by atoms with van der Waals surface area (Å²) in [6, 6.07) is 9.09. The first-order valence-electron chi connectivity index (χ1n) is 7.89. The van der Waals surface area contributed by atoms with Crippen molar-refractivity contribution in [1.29, 1.82) is 0 Å². The number of benzene rings is 1. The van der Waals surface area contributed by atoms with Crippen molar-refractivity contribution in [2.24, 2.45) is 0 Å². The SMILES string of the molecule is CCCNC(c1cccc2c1OCC2)c1sccc1CC. The molecule has 1 aliphatic heterocycles. The molecule has 2 aromatic rings. The molecule has 2 heterocycles. The van der Waals surface area contributed by atoms with E-state index in [-0.39, 0.29) is 6.04 Å². The van der Waals surface area contributed by atoms with Crippen LogP contribution in [0.5, 0.6) is 5.75 Å². The molecule has 1 aromatic heterocycles. The van der Waals surface area contributed by atoms with Crippen LogP contribution in [0.2, 0.25) is 0 Å². The Bertz CT molecular complexity index is 605. The van der Waals surface area contributed by atoms with Crippen molar-refractivity contribution in [3.05, 3.63) is 51.2 Å². The molecule has 0 saturated heterocycles. The van der Waals surface area contributed by atoms with E-state index in [1.165, 1.54) is 21.6 Å². The Morgan fingerprint density at radius 3 is 3.00 bits per heavy atom. The summed E-state index contributed by atoms with van der Waals surface area (Å²) in [5, 5.41) is 5.93. The van der Waals surface area contributed by atoms with Crippen LogP contribution in [-0.2, 0) is 12.8 Å². The third kappa shape index (κ3) is 2.85. The van der Waals surface area contributed by atoms with Crippen LogP contribution in [0.1, 0.15) is 47.9 Å². The Balaban J connectivity index is 2.02. The summed E-state index contributed by atoms with van der Waals surface area (Å²) >= 11 is 1.85. The molecular weight excluding hydrogens is 278 g/mol. The number of rotatable bonds is 6. The van der Waals surface area contributed by atoms with E-state index >= 15 is 0 Å². The summed E-state index contributed by atoms with van der Waals surface area (Å²) < 4.78 is 5.93. The first-order chi connectivity index (χ1) is 10.3. The van der Waals surface area contributed by atoms with E-state index in [9.17, 15) is 0 Å². The third-order valence-electron chi connectivity index (χ3n) is 4.08. The van der Waals surface area contributed by atoms with Gasteiger partial charge in [0.2, 0.25) is 0 Å². The van der Waals surface area contributed by atoms with Crippen molar-refractivity contribution < 1.29 is 4.74 Å². The lowest BCUT2D eigenvalue weighted by molar-refractivity contribution is 0.350. The molecule has 0 aliphatic carbocycles. The van der Waals surface area contributed by atoms with Crippen LogP contribution in [0.3, 0.4) is 0 Å². The number of nitrogens with one attached hydrogen (secondary N) is 1. The van der Waals surface area contributed by atoms with Gasteiger partial charge in [0.15, 0.2) is 0 Å². The minimum absolute atomic E-state index is 0.257. The van der Waals surface area contributed by atoms with E-state index in [1.807, 2.05) is 11.3 Å². The van der Waals surface area contributed by atoms with Gasteiger partial charge in [-0.1, -0.05) is 32.0 Å². The Hall–Kier alpha value is -1.32. The van der Waals surface area contributed by atoms with Gasteiger partial charge in [0.1, 0.15) is 5.75 Å². The van der Waals surface area contributed by atoms with Gasteiger partial charge < -0.3 is 10.1 Å². The smallest absolute Gasteiger partial charge is 0.127 e. The maximum absolute atomic E-state index is 5.93. The summed E-state index contributed by atoms with van der Waals surface area (Å²) in [6.45, 7) is 6.28. The largest absolute Gasteiger partial charge is 0.493 e. The van der Waals surface area contributed by atoms with Gasteiger partial charge in [0, 0.05) is 16.9 Å². The second kappa shape index (κ2) is 6.63. The zero-order chi connectivity index (χ0) is 14.7. The summed E-state index contributed by atoms with van der Waals surface area (Å²) in [7, 11) is 0. The van der Waals surface area contributed by atoms with Crippen LogP contribution < -0.4 is 10.1 Å². The predicted octanol–water partition coefficient (Wildman–Crippen LogP) is 4.33. The van der Waals surface area contributed by atoms with Gasteiger partial charge in [-0.2, -0.15) is 0 Å². The van der Waals surface area contributed by atoms with E-state index in [1.54, 1.807) is 0 Å². The molecule has 0 saturated carbocycles. The molecule has 3 rings (SSSR count). The van der Waals surface area contributed by atoms with Gasteiger partial charge in [-0.05, 0) is 42.0 Å². The molecule has 0 radical (unpaired) electrons. The van der Waals surface area contributed by atoms with Crippen LogP contribution in [-0.4, -0.2) is 13.2 Å². The lowest BCUT2D eigenvalue weighted by atomic mass is 9.98. The van der Waals surface area contributed by atoms with Crippen molar-refractivity contribution in [3.63, 3.8) is 0 Å². The predicted molar refractivity (Wildman–Crippen MR) is 89.5 cm³/mol. The zero-order valence-electron chi connectivity index (χ0n) is 12.8. The van der Waals surface area contributed by atoms with Crippen molar-refractivity contribution in [2.45, 2.75) is 39.2 Å². The van der Waals surface area contributed by atoms with E-state index in [4.69, 9.17) is 4.74 Å². The number of para-hydroxylation sites is 1. The fourth-order valence-electron chi connectivity index (χ4n) is 2.99. The lowest BCUT2D eigenvalue weighted by Gasteiger charge is -2.21. The van der Waals surface area contributed by atoms with Crippen LogP contribution in [0.15, 0.2) is 29.6 Å². The van der Waals surface area contributed by atoms with Crippen LogP contribution in [0.25, 0.3) is 0 Å². The molecule has 1 N–H and O–H groups in total. The van der Waals surface area contributed by atoms with E-state index < -0.39 is 0 Å². The van der Waals surface area contributed by atoms with Gasteiger partial charge in [-0.3, -0.25) is 0 Å². The molecule has 1 atom stereocenters. The molecule has 3 heteroatoms. The maximum atomic E-state index is 5.93. The lowest BCUT2D eigenvalue weighted by Crippen LogP contribution is -2.23. The van der Waals surface area contributed by atoms with Crippen molar-refractivity contribution in [1.82, 2.24) is 5.32 Å². The number of thiophene rings is 1. The Kier molecular flexibility index (Phi) is 4.61. The molecule has 112 valence electrons. The monoisotopic (exact) mass is 301 g/mol. The average Bonchev–Trinajstić information content (AvgIpc) is 3.16. The third-order valence-corrected chi connectivity index (χ3v) is 5.10. The molecule has 1 aliphatic rings. The second-order valence-electron chi connectivity index (χ2n) is 5.48. The number of hydrogen-bond donors (Lipinski definition) is 1. The Morgan fingerprint density at radius 2 is 2.19 bits per heavy atom. The van der Waals surface area contributed by atoms with Crippen molar-refractivity contribution >= 4 is 11.3 Å². The molecule has 0 spiro atoms. The van der Waals surface area contributed by atoms with Crippen LogP contribution in [0, 0.1) is 0 Å². The molecule has 0 bridgehead atoms. The van der Waals surface area contributed by atoms with Gasteiger partial charge in [0.25, 0.3) is 0 Å². The summed E-state index contributed by atoms with van der Waals surface area (Å²) in [4.78, 5) is 1.44. The summed E-state index contributed by atoms with van der Waals surface area (Å²) in [6.07, 6.45) is 3.26. The Labute approximate surface area is 131 Å². The second-order valence-corrected chi connectivity index (χ2v) is 6.43. The van der Waals surface area contributed by atoms with Crippen LogP contribution >= 0.6 is 11.3 Å². The Morgan fingerprint density at radius 1 is 1.29 bits per heavy atom. The normalized spacial score (nSPS) is 14.8. The van der Waals surface area contributed by atoms with Crippen molar-refractivity contribution in [2.75, 3.05) is 13.2 Å². The summed E-state index contributed by atoms with van der Waals surface area (Å²) in [5.41, 5.74) is 4.10. The highest BCUT2D eigenvalue weighted by atomic mass is 32.1. The van der Waals surface area contributed by atoms with Gasteiger partial charge in [-0.15, -0.1) is 11.3 Å². The summed E-state index contributed by atoms with van der Waals surface area (Å²) in [5.74, 6) is 1.11. The van der Waals surface area contributed by atoms with E-state index in [0.29, 0.717) is 0 Å². The zero-order valence-corrected chi connectivity index (χ0v) is 13.6. The minimum Gasteiger partial charge on any atom is -0.493 e. The number of ether oxygens (including phenoxy) is 1. The average molecular weight is 301 g/mol. The molecule has 1 unspecified atom stereocenters. The van der Waals surface area contributed by atoms with Crippen molar-refractivity contribution in [3.8, 4) is 5.75 Å². The first kappa shape index (κ1) is 14.6. The highest BCUT2D eigenvalue weighted by Gasteiger charge is 2.25. The molecular formula is C18H23NOS. The van der Waals surface area contributed by atoms with Gasteiger partial charge in [0.05, 0.1) is 12.6 Å². The number of fused-ring (bicyclic) bond motifs is 1. The highest BCUT2D eigenvalue weighted by molar-refractivity contribution is 7.10. The number of aryl methyl sites for hydroxylation is 1. The first-order valence-corrected chi connectivity index (χ1v) is 8.77. The standard InChI is InChI=1S/C18H23NOS/c1-3-10-19-16(18-13(4-2)9-12-21-18)15-7-5-6-14-8-11-20-17(14)15/h5-7,9,12,16,19H,3-4,8,10-11H2,1-2H3. The molecule has 1 aromatic carbocycles. The highest BCUT2D eigenvalue weighted by Crippen LogP contribution is 2.38. The molecule has 0 amide bonds. The number of hydrogen-bond acceptors (Lipinski definition) is 3.